The second-order valence-corrected chi connectivity index (χ2v) is 14.7. The van der Waals surface area contributed by atoms with Crippen LogP contribution in [0.5, 0.6) is 17.2 Å². The van der Waals surface area contributed by atoms with Crippen LogP contribution in [0, 0.1) is 0 Å². The van der Waals surface area contributed by atoms with Crippen molar-refractivity contribution < 1.29 is 37.5 Å². The summed E-state index contributed by atoms with van der Waals surface area (Å²) >= 11 is 6.18. The fraction of sp³-hybridized carbons (Fsp3) is 0.333. The number of nitrogens with zero attached hydrogens (tertiary/aromatic N) is 2. The highest BCUT2D eigenvalue weighted by atomic mass is 35.5. The van der Waals surface area contributed by atoms with Crippen molar-refractivity contribution in [2.45, 2.75) is 51.2 Å². The first-order chi connectivity index (χ1) is 27.5. The van der Waals surface area contributed by atoms with Crippen molar-refractivity contribution in [3.63, 3.8) is 0 Å². The number of ether oxygens (including phenoxy) is 4. The molecule has 4 atom stereocenters. The molecule has 15 heteroatoms. The van der Waals surface area contributed by atoms with Crippen LogP contribution in [-0.4, -0.2) is 72.0 Å². The van der Waals surface area contributed by atoms with Gasteiger partial charge in [-0.15, -0.1) is 0 Å². The Morgan fingerprint density at radius 2 is 1.37 bits per heavy atom. The van der Waals surface area contributed by atoms with Gasteiger partial charge in [-0.1, -0.05) is 99.1 Å². The van der Waals surface area contributed by atoms with Gasteiger partial charge in [0, 0.05) is 18.7 Å². The molecule has 304 valence electrons. The Morgan fingerprint density at radius 3 is 1.88 bits per heavy atom. The molecule has 1 aromatic heterocycles. The van der Waals surface area contributed by atoms with Crippen molar-refractivity contribution in [2.75, 3.05) is 40.5 Å². The van der Waals surface area contributed by atoms with E-state index in [0.717, 1.165) is 16.7 Å². The molecule has 57 heavy (non-hydrogen) atoms. The number of phosphoric acid groups is 1. The molecular weight excluding hydrogens is 773 g/mol. The van der Waals surface area contributed by atoms with Gasteiger partial charge in [0.05, 0.1) is 25.8 Å². The first-order valence-corrected chi connectivity index (χ1v) is 20.5. The van der Waals surface area contributed by atoms with Crippen molar-refractivity contribution in [1.29, 1.82) is 0 Å². The molecule has 0 spiro atoms. The molecule has 1 aliphatic heterocycles. The zero-order chi connectivity index (χ0) is 41.0. The minimum Gasteiger partial charge on any atom is -0.497 e. The van der Waals surface area contributed by atoms with E-state index in [4.69, 9.17) is 39.6 Å². The average Bonchev–Trinajstić information content (AvgIpc) is 3.61. The summed E-state index contributed by atoms with van der Waals surface area (Å²) < 4.78 is 49.8. The van der Waals surface area contributed by atoms with E-state index >= 15 is 0 Å². The Balaban J connectivity index is 0.000000811. The smallest absolute Gasteiger partial charge is 0.497 e. The highest BCUT2D eigenvalue weighted by Crippen LogP contribution is 2.50. The molecule has 2 heterocycles. The molecule has 5 aromatic rings. The second-order valence-electron chi connectivity index (χ2n) is 13.0. The number of para-hydroxylation sites is 1. The number of aromatic amines is 1. The summed E-state index contributed by atoms with van der Waals surface area (Å²) in [6, 6.07) is 31.8. The van der Waals surface area contributed by atoms with E-state index in [9.17, 15) is 19.0 Å². The van der Waals surface area contributed by atoms with E-state index in [1.54, 1.807) is 26.4 Å². The summed E-state index contributed by atoms with van der Waals surface area (Å²) in [7, 11) is -1.66. The monoisotopic (exact) mass is 821 g/mol. The highest BCUT2D eigenvalue weighted by Gasteiger charge is 2.45. The maximum Gasteiger partial charge on any atom is 0.527 e. The van der Waals surface area contributed by atoms with Crippen LogP contribution >= 0.6 is 19.4 Å². The number of benzene rings is 4. The molecular formula is C42H49ClN3O10P. The lowest BCUT2D eigenvalue weighted by Gasteiger charge is -2.37. The Bertz CT molecular complexity index is 2130. The largest absolute Gasteiger partial charge is 0.527 e. The third-order valence-corrected chi connectivity index (χ3v) is 10.9. The number of phosphoric ester groups is 1. The third-order valence-electron chi connectivity index (χ3n) is 9.64. The quantitative estimate of drug-likeness (QED) is 0.0757. The van der Waals surface area contributed by atoms with Crippen molar-refractivity contribution in [2.24, 2.45) is 0 Å². The maximum atomic E-state index is 13.4. The van der Waals surface area contributed by atoms with E-state index in [1.807, 2.05) is 78.9 Å². The number of methoxy groups -OCH3 is 2. The average molecular weight is 822 g/mol. The van der Waals surface area contributed by atoms with Crippen molar-refractivity contribution in [3.05, 3.63) is 158 Å². The number of hydrogen-bond acceptors (Lipinski definition) is 10. The number of rotatable bonds is 16. The molecule has 4 aromatic carbocycles. The van der Waals surface area contributed by atoms with E-state index in [0.29, 0.717) is 11.5 Å². The summed E-state index contributed by atoms with van der Waals surface area (Å²) in [6.07, 6.45) is -1.93. The molecule has 1 fully saturated rings. The van der Waals surface area contributed by atoms with Gasteiger partial charge in [-0.05, 0) is 72.7 Å². The first-order valence-electron chi connectivity index (χ1n) is 18.6. The summed E-state index contributed by atoms with van der Waals surface area (Å²) in [5.74, 6) is 1.23. The lowest BCUT2D eigenvalue weighted by atomic mass is 9.80. The van der Waals surface area contributed by atoms with Crippen molar-refractivity contribution in [1.82, 2.24) is 14.5 Å². The van der Waals surface area contributed by atoms with Crippen LogP contribution in [-0.2, 0) is 24.2 Å². The van der Waals surface area contributed by atoms with Gasteiger partial charge in [-0.2, -0.15) is 0 Å². The van der Waals surface area contributed by atoms with Crippen LogP contribution in [0.1, 0.15) is 50.1 Å². The van der Waals surface area contributed by atoms with Crippen LogP contribution in [0.3, 0.4) is 0 Å². The van der Waals surface area contributed by atoms with Gasteiger partial charge in [-0.25, -0.2) is 9.36 Å². The zero-order valence-electron chi connectivity index (χ0n) is 32.6. The molecule has 0 radical (unpaired) electrons. The number of aromatic nitrogens is 2. The summed E-state index contributed by atoms with van der Waals surface area (Å²) in [5.41, 5.74) is -0.303. The van der Waals surface area contributed by atoms with E-state index in [1.165, 1.54) is 48.6 Å². The predicted octanol–water partition coefficient (Wildman–Crippen LogP) is 7.42. The standard InChI is InChI=1S/C36H34ClN2O10P.C6H15N/c1-44-27-16-12-25(13-17-27)36(24-8-4-3-5-9-24,26-14-18-28(45-2)19-15-26)46-23-32-31(22-34(47-32)39-21-20-33(40)38-35(39)41)49-50(42,43)48-30-11-7-6-10-29(30)37;1-4-7(5-2)6-3/h3-21,31-32,34H,22-23H2,1-2H3,(H,42,43)(H,38,40,41);4-6H2,1-3H3/t31-,32+,34+;/m0./s1. The molecule has 0 bridgehead atoms. The minimum atomic E-state index is -4.82. The van der Waals surface area contributed by atoms with Gasteiger partial charge < -0.3 is 28.4 Å². The highest BCUT2D eigenvalue weighted by molar-refractivity contribution is 7.47. The molecule has 2 N–H and O–H groups in total. The lowest BCUT2D eigenvalue weighted by Crippen LogP contribution is -2.38. The molecule has 0 amide bonds. The van der Waals surface area contributed by atoms with Gasteiger partial charge in [0.15, 0.2) is 0 Å². The predicted molar refractivity (Wildman–Crippen MR) is 218 cm³/mol. The van der Waals surface area contributed by atoms with Crippen LogP contribution in [0.15, 0.2) is 125 Å². The fourth-order valence-corrected chi connectivity index (χ4v) is 7.82. The number of H-pyrrole nitrogens is 1. The number of nitrogens with one attached hydrogen (secondary N) is 1. The fourth-order valence-electron chi connectivity index (χ4n) is 6.57. The zero-order valence-corrected chi connectivity index (χ0v) is 34.2. The molecule has 0 saturated carbocycles. The first kappa shape index (κ1) is 43.4. The summed E-state index contributed by atoms with van der Waals surface area (Å²) in [5, 5.41) is 0.109. The molecule has 1 aliphatic rings. The van der Waals surface area contributed by atoms with Crippen LogP contribution in [0.2, 0.25) is 5.02 Å². The van der Waals surface area contributed by atoms with Crippen molar-refractivity contribution in [3.8, 4) is 17.2 Å². The molecule has 6 rings (SSSR count). The lowest BCUT2D eigenvalue weighted by molar-refractivity contribution is -0.0932. The number of halogens is 1. The van der Waals surface area contributed by atoms with Crippen LogP contribution < -0.4 is 25.2 Å². The van der Waals surface area contributed by atoms with Gasteiger partial charge in [0.25, 0.3) is 5.56 Å². The molecule has 1 saturated heterocycles. The summed E-state index contributed by atoms with van der Waals surface area (Å²) in [4.78, 5) is 40.1. The Morgan fingerprint density at radius 1 is 0.825 bits per heavy atom. The molecule has 13 nitrogen and oxygen atoms in total. The van der Waals surface area contributed by atoms with Gasteiger partial charge in [0.2, 0.25) is 0 Å². The van der Waals surface area contributed by atoms with E-state index in [2.05, 4.69) is 30.7 Å². The molecule has 1 unspecified atom stereocenters. The summed E-state index contributed by atoms with van der Waals surface area (Å²) in [6.45, 7) is 9.93. The second kappa shape index (κ2) is 20.1. The maximum absolute atomic E-state index is 13.4. The minimum absolute atomic E-state index is 0.0535. The SMILES string of the molecule is CCN(CC)CC.COc1ccc(C(OC[C@H]2O[C@@H](n3ccc(=O)[nH]c3=O)C[C@@H]2OP(=O)(O)Oc2ccccc2Cl)(c2ccccc2)c2ccc(OC)cc2)cc1. The van der Waals surface area contributed by atoms with Gasteiger partial charge >= 0.3 is 13.5 Å². The van der Waals surface area contributed by atoms with Crippen molar-refractivity contribution >= 4 is 19.4 Å². The Kier molecular flexibility index (Phi) is 15.3. The van der Waals surface area contributed by atoms with Crippen LogP contribution in [0.4, 0.5) is 0 Å². The normalized spacial score (nSPS) is 17.6. The molecule has 0 aliphatic carbocycles. The van der Waals surface area contributed by atoms with Crippen LogP contribution in [0.25, 0.3) is 0 Å². The topological polar surface area (TPSA) is 151 Å². The van der Waals surface area contributed by atoms with Gasteiger partial charge in [-0.3, -0.25) is 23.8 Å². The van der Waals surface area contributed by atoms with Gasteiger partial charge in [0.1, 0.15) is 41.3 Å². The van der Waals surface area contributed by atoms with E-state index in [-0.39, 0.29) is 23.8 Å². The number of hydrogen-bond donors (Lipinski definition) is 2. The Labute approximate surface area is 337 Å². The Hall–Kier alpha value is -4.72. The third kappa shape index (κ3) is 10.8. The van der Waals surface area contributed by atoms with E-state index < -0.39 is 43.1 Å².